The number of hydrogen-bond acceptors (Lipinski definition) is 5. The third-order valence-electron chi connectivity index (χ3n) is 4.65. The van der Waals surface area contributed by atoms with Gasteiger partial charge in [0.05, 0.1) is 5.56 Å². The number of hydrogen-bond donors (Lipinski definition) is 2. The SMILES string of the molecule is Cc1ccccc1/C=C/C(=O)O[C@H](C)C(=O)Nc1sc2c(c1C(N)=O)CCC2. The van der Waals surface area contributed by atoms with Crippen LogP contribution in [0.4, 0.5) is 5.00 Å². The van der Waals surface area contributed by atoms with E-state index in [1.807, 2.05) is 31.2 Å². The van der Waals surface area contributed by atoms with Crippen LogP contribution in [0.2, 0.25) is 0 Å². The van der Waals surface area contributed by atoms with Crippen LogP contribution >= 0.6 is 11.3 Å². The molecule has 1 atom stereocenters. The lowest BCUT2D eigenvalue weighted by Crippen LogP contribution is -2.30. The van der Waals surface area contributed by atoms with Crippen molar-refractivity contribution in [2.45, 2.75) is 39.2 Å². The summed E-state index contributed by atoms with van der Waals surface area (Å²) in [6.07, 6.45) is 4.58. The average molecular weight is 398 g/mol. The fraction of sp³-hybridized carbons (Fsp3) is 0.286. The first-order valence-corrected chi connectivity index (χ1v) is 9.88. The molecule has 0 fully saturated rings. The third-order valence-corrected chi connectivity index (χ3v) is 5.86. The van der Waals surface area contributed by atoms with Gasteiger partial charge in [-0.2, -0.15) is 0 Å². The molecule has 1 aliphatic rings. The van der Waals surface area contributed by atoms with E-state index in [2.05, 4.69) is 5.32 Å². The number of carbonyl (C=O) groups excluding carboxylic acids is 3. The van der Waals surface area contributed by atoms with Crippen molar-refractivity contribution in [3.05, 3.63) is 57.5 Å². The van der Waals surface area contributed by atoms with Crippen molar-refractivity contribution in [3.8, 4) is 0 Å². The summed E-state index contributed by atoms with van der Waals surface area (Å²) in [5.74, 6) is -1.67. The molecule has 7 heteroatoms. The molecule has 0 unspecified atom stereocenters. The van der Waals surface area contributed by atoms with Gasteiger partial charge in [-0.15, -0.1) is 11.3 Å². The topological polar surface area (TPSA) is 98.5 Å². The minimum absolute atomic E-state index is 0.379. The van der Waals surface area contributed by atoms with Crippen molar-refractivity contribution in [1.29, 1.82) is 0 Å². The standard InChI is InChI=1S/C21H22N2O4S/c1-12-6-3-4-7-14(12)10-11-17(24)27-13(2)20(26)23-21-18(19(22)25)15-8-5-9-16(15)28-21/h3-4,6-7,10-11,13H,5,8-9H2,1-2H3,(H2,22,25)(H,23,26)/b11-10+/t13-/m1/s1. The molecule has 0 spiro atoms. The van der Waals surface area contributed by atoms with Crippen molar-refractivity contribution in [2.75, 3.05) is 5.32 Å². The predicted octanol–water partition coefficient (Wildman–Crippen LogP) is 3.23. The van der Waals surface area contributed by atoms with Gasteiger partial charge in [0.1, 0.15) is 5.00 Å². The number of carbonyl (C=O) groups is 3. The van der Waals surface area contributed by atoms with Crippen LogP contribution in [0, 0.1) is 6.92 Å². The van der Waals surface area contributed by atoms with Crippen molar-refractivity contribution in [2.24, 2.45) is 5.73 Å². The monoisotopic (exact) mass is 398 g/mol. The van der Waals surface area contributed by atoms with E-state index in [0.717, 1.165) is 40.8 Å². The molecule has 1 heterocycles. The summed E-state index contributed by atoms with van der Waals surface area (Å²) in [5.41, 5.74) is 8.73. The number of amides is 2. The third kappa shape index (κ3) is 4.31. The molecule has 3 rings (SSSR count). The Balaban J connectivity index is 1.63. The number of anilines is 1. The van der Waals surface area contributed by atoms with Crippen LogP contribution in [0.15, 0.2) is 30.3 Å². The molecule has 1 aliphatic carbocycles. The van der Waals surface area contributed by atoms with Crippen LogP contribution in [0.25, 0.3) is 6.08 Å². The van der Waals surface area contributed by atoms with Gasteiger partial charge in [-0.3, -0.25) is 9.59 Å². The Kier molecular flexibility index (Phi) is 5.94. The lowest BCUT2D eigenvalue weighted by molar-refractivity contribution is -0.148. The second-order valence-corrected chi connectivity index (χ2v) is 7.79. The maximum Gasteiger partial charge on any atom is 0.331 e. The number of aryl methyl sites for hydroxylation is 2. The van der Waals surface area contributed by atoms with E-state index in [0.29, 0.717) is 10.6 Å². The highest BCUT2D eigenvalue weighted by Gasteiger charge is 2.27. The van der Waals surface area contributed by atoms with Crippen LogP contribution in [0.1, 0.15) is 45.3 Å². The van der Waals surface area contributed by atoms with Crippen LogP contribution < -0.4 is 11.1 Å². The number of esters is 1. The molecule has 28 heavy (non-hydrogen) atoms. The molecule has 146 valence electrons. The minimum Gasteiger partial charge on any atom is -0.449 e. The molecule has 1 aromatic heterocycles. The molecule has 2 aromatic rings. The Morgan fingerprint density at radius 1 is 1.25 bits per heavy atom. The molecule has 6 nitrogen and oxygen atoms in total. The number of primary amides is 1. The van der Waals surface area contributed by atoms with Crippen molar-refractivity contribution < 1.29 is 19.1 Å². The lowest BCUT2D eigenvalue weighted by atomic mass is 10.1. The highest BCUT2D eigenvalue weighted by Crippen LogP contribution is 2.38. The zero-order valence-corrected chi connectivity index (χ0v) is 16.6. The normalized spacial score (nSPS) is 13.9. The summed E-state index contributed by atoms with van der Waals surface area (Å²) in [7, 11) is 0. The predicted molar refractivity (Wildman–Crippen MR) is 109 cm³/mol. The van der Waals surface area contributed by atoms with E-state index in [-0.39, 0.29) is 0 Å². The zero-order chi connectivity index (χ0) is 20.3. The van der Waals surface area contributed by atoms with Crippen LogP contribution in [0.5, 0.6) is 0 Å². The number of ether oxygens (including phenoxy) is 1. The van der Waals surface area contributed by atoms with Gasteiger partial charge >= 0.3 is 5.97 Å². The van der Waals surface area contributed by atoms with E-state index in [1.165, 1.54) is 24.3 Å². The quantitative estimate of drug-likeness (QED) is 0.576. The van der Waals surface area contributed by atoms with E-state index in [9.17, 15) is 14.4 Å². The van der Waals surface area contributed by atoms with E-state index in [1.54, 1.807) is 6.08 Å². The van der Waals surface area contributed by atoms with E-state index >= 15 is 0 Å². The largest absolute Gasteiger partial charge is 0.449 e. The maximum atomic E-state index is 12.4. The highest BCUT2D eigenvalue weighted by molar-refractivity contribution is 7.17. The summed E-state index contributed by atoms with van der Waals surface area (Å²) in [6, 6.07) is 7.62. The summed E-state index contributed by atoms with van der Waals surface area (Å²) >= 11 is 1.36. The summed E-state index contributed by atoms with van der Waals surface area (Å²) in [5, 5.41) is 3.12. The number of fused-ring (bicyclic) bond motifs is 1. The Morgan fingerprint density at radius 2 is 2.00 bits per heavy atom. The van der Waals surface area contributed by atoms with E-state index < -0.39 is 23.9 Å². The van der Waals surface area contributed by atoms with Gasteiger partial charge in [0.15, 0.2) is 6.10 Å². The van der Waals surface area contributed by atoms with Gasteiger partial charge < -0.3 is 15.8 Å². The smallest absolute Gasteiger partial charge is 0.331 e. The van der Waals surface area contributed by atoms with E-state index in [4.69, 9.17) is 10.5 Å². The van der Waals surface area contributed by atoms with Crippen LogP contribution in [-0.4, -0.2) is 23.9 Å². The number of rotatable bonds is 6. The Hall–Kier alpha value is -2.93. The summed E-state index contributed by atoms with van der Waals surface area (Å²) in [4.78, 5) is 37.3. The summed E-state index contributed by atoms with van der Waals surface area (Å²) in [6.45, 7) is 3.43. The fourth-order valence-corrected chi connectivity index (χ4v) is 4.46. The first kappa shape index (κ1) is 19.8. The molecular weight excluding hydrogens is 376 g/mol. The number of benzene rings is 1. The fourth-order valence-electron chi connectivity index (χ4n) is 3.17. The van der Waals surface area contributed by atoms with Crippen LogP contribution in [-0.2, 0) is 27.2 Å². The van der Waals surface area contributed by atoms with Gasteiger partial charge in [-0.05, 0) is 55.9 Å². The van der Waals surface area contributed by atoms with Gasteiger partial charge in [0.2, 0.25) is 0 Å². The molecule has 3 N–H and O–H groups in total. The molecule has 2 amide bonds. The average Bonchev–Trinajstić information content (AvgIpc) is 3.21. The molecular formula is C21H22N2O4S. The molecule has 0 bridgehead atoms. The highest BCUT2D eigenvalue weighted by atomic mass is 32.1. The van der Waals surface area contributed by atoms with Gasteiger partial charge in [-0.1, -0.05) is 24.3 Å². The first-order chi connectivity index (χ1) is 13.4. The lowest BCUT2D eigenvalue weighted by Gasteiger charge is -2.12. The number of thiophene rings is 1. The van der Waals surface area contributed by atoms with Gasteiger partial charge in [-0.25, -0.2) is 4.79 Å². The van der Waals surface area contributed by atoms with Gasteiger partial charge in [0, 0.05) is 11.0 Å². The van der Waals surface area contributed by atoms with Gasteiger partial charge in [0.25, 0.3) is 11.8 Å². The Bertz CT molecular complexity index is 961. The second kappa shape index (κ2) is 8.39. The van der Waals surface area contributed by atoms with Crippen molar-refractivity contribution in [1.82, 2.24) is 0 Å². The number of nitrogens with one attached hydrogen (secondary N) is 1. The number of nitrogens with two attached hydrogens (primary N) is 1. The zero-order valence-electron chi connectivity index (χ0n) is 15.8. The Morgan fingerprint density at radius 3 is 2.71 bits per heavy atom. The minimum atomic E-state index is -1.01. The molecule has 0 saturated heterocycles. The second-order valence-electron chi connectivity index (χ2n) is 6.68. The molecule has 0 saturated carbocycles. The Labute approximate surface area is 167 Å². The summed E-state index contributed by atoms with van der Waals surface area (Å²) < 4.78 is 5.17. The molecule has 0 aliphatic heterocycles. The first-order valence-electron chi connectivity index (χ1n) is 9.06. The maximum absolute atomic E-state index is 12.4. The van der Waals surface area contributed by atoms with Crippen molar-refractivity contribution in [3.63, 3.8) is 0 Å². The van der Waals surface area contributed by atoms with Crippen LogP contribution in [0.3, 0.4) is 0 Å². The molecule has 1 aromatic carbocycles. The molecule has 0 radical (unpaired) electrons. The van der Waals surface area contributed by atoms with Crippen molar-refractivity contribution >= 4 is 40.2 Å².